The van der Waals surface area contributed by atoms with Crippen molar-refractivity contribution in [1.82, 2.24) is 0 Å². The van der Waals surface area contributed by atoms with Crippen molar-refractivity contribution in [2.45, 2.75) is 31.6 Å². The van der Waals surface area contributed by atoms with Gasteiger partial charge in [0.2, 0.25) is 5.91 Å². The fourth-order valence-electron chi connectivity index (χ4n) is 4.55. The van der Waals surface area contributed by atoms with E-state index in [1.165, 1.54) is 4.90 Å². The molecule has 5 nitrogen and oxygen atoms in total. The number of fused-ring (bicyclic) bond motifs is 1. The minimum Gasteiger partial charge on any atom is -0.467 e. The molecule has 0 aromatic heterocycles. The minimum absolute atomic E-state index is 0.0560. The Labute approximate surface area is 188 Å². The summed E-state index contributed by atoms with van der Waals surface area (Å²) in [5.41, 5.74) is 2.60. The number of hydrogen-bond acceptors (Lipinski definition) is 4. The van der Waals surface area contributed by atoms with Gasteiger partial charge in [-0.05, 0) is 34.7 Å². The van der Waals surface area contributed by atoms with Crippen LogP contribution in [0.2, 0.25) is 0 Å². The summed E-state index contributed by atoms with van der Waals surface area (Å²) >= 11 is 0. The van der Waals surface area contributed by atoms with E-state index < -0.39 is 12.2 Å². The summed E-state index contributed by atoms with van der Waals surface area (Å²) in [5, 5.41) is 19.1. The minimum atomic E-state index is -1.21. The van der Waals surface area contributed by atoms with Crippen LogP contribution in [0.3, 0.4) is 0 Å². The summed E-state index contributed by atoms with van der Waals surface area (Å²) in [6.07, 6.45) is 0. The molecule has 32 heavy (non-hydrogen) atoms. The number of hydrogen-bond donors (Lipinski definition) is 1. The third-order valence-electron chi connectivity index (χ3n) is 6.07. The van der Waals surface area contributed by atoms with Gasteiger partial charge in [-0.1, -0.05) is 75.4 Å². The monoisotopic (exact) mass is 426 g/mol. The van der Waals surface area contributed by atoms with Gasteiger partial charge < -0.3 is 9.84 Å². The molecule has 1 amide bonds. The first-order valence-electron chi connectivity index (χ1n) is 10.6. The smallest absolute Gasteiger partial charge is 0.247 e. The third-order valence-corrected chi connectivity index (χ3v) is 6.07. The summed E-state index contributed by atoms with van der Waals surface area (Å²) in [6, 6.07) is 25.1. The molecule has 0 saturated carbocycles. The van der Waals surface area contributed by atoms with E-state index in [-0.39, 0.29) is 17.9 Å². The summed E-state index contributed by atoms with van der Waals surface area (Å²) in [4.78, 5) is 15.8. The van der Waals surface area contributed by atoms with Gasteiger partial charge in [0.15, 0.2) is 6.79 Å². The number of anilines is 1. The fourth-order valence-corrected chi connectivity index (χ4v) is 4.55. The highest BCUT2D eigenvalue weighted by atomic mass is 16.6. The molecular weight excluding hydrogens is 400 g/mol. The quantitative estimate of drug-likeness (QED) is 0.481. The molecule has 1 aliphatic heterocycles. The number of rotatable bonds is 5. The zero-order valence-corrected chi connectivity index (χ0v) is 18.5. The molecule has 3 aromatic carbocycles. The van der Waals surface area contributed by atoms with Crippen LogP contribution in [0.5, 0.6) is 5.75 Å². The van der Waals surface area contributed by atoms with Crippen LogP contribution in [0.25, 0.3) is 0 Å². The van der Waals surface area contributed by atoms with Crippen LogP contribution in [0, 0.1) is 11.3 Å². The average molecular weight is 427 g/mol. The normalized spacial score (nSPS) is 17.7. The van der Waals surface area contributed by atoms with Gasteiger partial charge in [0.1, 0.15) is 17.7 Å². The van der Waals surface area contributed by atoms with E-state index in [9.17, 15) is 15.2 Å². The average Bonchev–Trinajstić information content (AvgIpc) is 3.03. The number of carbonyl (C=O) groups excluding carboxylic acids is 1. The maximum absolute atomic E-state index is 14.2. The first-order valence-corrected chi connectivity index (χ1v) is 10.6. The van der Waals surface area contributed by atoms with Crippen LogP contribution >= 0.6 is 0 Å². The van der Waals surface area contributed by atoms with Crippen molar-refractivity contribution in [3.63, 3.8) is 0 Å². The van der Waals surface area contributed by atoms with Crippen LogP contribution in [-0.2, 0) is 15.6 Å². The van der Waals surface area contributed by atoms with Crippen molar-refractivity contribution < 1.29 is 14.6 Å². The van der Waals surface area contributed by atoms with Gasteiger partial charge in [0.05, 0.1) is 6.07 Å². The highest BCUT2D eigenvalue weighted by molar-refractivity contribution is 6.13. The molecule has 5 heteroatoms. The van der Waals surface area contributed by atoms with E-state index in [0.29, 0.717) is 17.0 Å². The lowest BCUT2D eigenvalue weighted by Crippen LogP contribution is -2.42. The molecule has 1 unspecified atom stereocenters. The van der Waals surface area contributed by atoms with E-state index in [2.05, 4.69) is 26.8 Å². The molecule has 0 radical (unpaired) electrons. The number of nitriles is 1. The third kappa shape index (κ3) is 3.24. The maximum atomic E-state index is 14.2. The Morgan fingerprint density at radius 3 is 2.34 bits per heavy atom. The molecule has 1 aliphatic rings. The Bertz CT molecular complexity index is 1190. The largest absolute Gasteiger partial charge is 0.467 e. The molecule has 162 valence electrons. The molecule has 0 saturated heterocycles. The fraction of sp³-hybridized carbons (Fsp3) is 0.259. The van der Waals surface area contributed by atoms with Gasteiger partial charge >= 0.3 is 0 Å². The predicted molar refractivity (Wildman–Crippen MR) is 124 cm³/mol. The number of aliphatic hydroxyl groups is 1. The topological polar surface area (TPSA) is 73.6 Å². The van der Waals surface area contributed by atoms with Gasteiger partial charge in [-0.3, -0.25) is 9.69 Å². The molecule has 3 aromatic rings. The second-order valence-corrected chi connectivity index (χ2v) is 8.92. The van der Waals surface area contributed by atoms with Crippen LogP contribution in [0.4, 0.5) is 5.69 Å². The first kappa shape index (κ1) is 21.6. The van der Waals surface area contributed by atoms with Gasteiger partial charge in [0, 0.05) is 16.8 Å². The van der Waals surface area contributed by atoms with Crippen LogP contribution < -0.4 is 9.64 Å². The second-order valence-electron chi connectivity index (χ2n) is 8.92. The van der Waals surface area contributed by atoms with Gasteiger partial charge in [-0.25, -0.2) is 0 Å². The van der Waals surface area contributed by atoms with Crippen molar-refractivity contribution >= 4 is 11.6 Å². The molecule has 0 aliphatic carbocycles. The molecule has 1 heterocycles. The summed E-state index contributed by atoms with van der Waals surface area (Å²) in [7, 11) is 0. The Morgan fingerprint density at radius 1 is 1.00 bits per heavy atom. The summed E-state index contributed by atoms with van der Waals surface area (Å²) in [5.74, 6) is 0.228. The number of benzene rings is 3. The SMILES string of the molecule is CC(C)(C)c1ccc(OCO)c(C2(c3ccccc3)C(=O)N(CC#N)c3ccccc32)c1. The molecule has 0 fully saturated rings. The van der Waals surface area contributed by atoms with E-state index in [4.69, 9.17) is 4.74 Å². The number of aliphatic hydroxyl groups excluding tert-OH is 1. The standard InChI is InChI=1S/C27H26N2O3/c1-26(2,3)20-13-14-24(32-18-30)22(17-20)27(19-9-5-4-6-10-19)21-11-7-8-12-23(21)29(16-15-28)25(27)31/h4-14,17,30H,16,18H2,1-3H3. The van der Waals surface area contributed by atoms with Crippen LogP contribution in [0.1, 0.15) is 43.0 Å². The zero-order valence-electron chi connectivity index (χ0n) is 18.5. The maximum Gasteiger partial charge on any atom is 0.247 e. The number of nitrogens with zero attached hydrogens (tertiary/aromatic N) is 2. The van der Waals surface area contributed by atoms with Crippen molar-refractivity contribution in [3.8, 4) is 11.8 Å². The summed E-state index contributed by atoms with van der Waals surface area (Å²) in [6.45, 7) is 5.77. The lowest BCUT2D eigenvalue weighted by molar-refractivity contribution is -0.120. The lowest BCUT2D eigenvalue weighted by atomic mass is 9.68. The van der Waals surface area contributed by atoms with Gasteiger partial charge in [0.25, 0.3) is 0 Å². The van der Waals surface area contributed by atoms with Crippen LogP contribution in [0.15, 0.2) is 72.8 Å². The van der Waals surface area contributed by atoms with Crippen molar-refractivity contribution in [3.05, 3.63) is 95.1 Å². The number of ether oxygens (including phenoxy) is 1. The molecule has 1 N–H and O–H groups in total. The molecular formula is C27H26N2O3. The van der Waals surface area contributed by atoms with E-state index in [1.54, 1.807) is 0 Å². The number of para-hydroxylation sites is 1. The van der Waals surface area contributed by atoms with Crippen LogP contribution in [-0.4, -0.2) is 24.4 Å². The highest BCUT2D eigenvalue weighted by Gasteiger charge is 2.54. The first-order chi connectivity index (χ1) is 15.4. The second kappa shape index (κ2) is 8.14. The van der Waals surface area contributed by atoms with Gasteiger partial charge in [-0.2, -0.15) is 5.26 Å². The van der Waals surface area contributed by atoms with Crippen molar-refractivity contribution in [2.75, 3.05) is 18.2 Å². The summed E-state index contributed by atoms with van der Waals surface area (Å²) < 4.78 is 5.64. The van der Waals surface area contributed by atoms with Gasteiger partial charge in [-0.15, -0.1) is 0 Å². The van der Waals surface area contributed by atoms with Crippen molar-refractivity contribution in [2.24, 2.45) is 0 Å². The van der Waals surface area contributed by atoms with Crippen molar-refractivity contribution in [1.29, 1.82) is 5.26 Å². The molecule has 0 bridgehead atoms. The Morgan fingerprint density at radius 2 is 1.69 bits per heavy atom. The lowest BCUT2D eigenvalue weighted by Gasteiger charge is -2.33. The van der Waals surface area contributed by atoms with E-state index in [0.717, 1.165) is 16.7 Å². The Balaban J connectivity index is 2.14. The predicted octanol–water partition coefficient (Wildman–Crippen LogP) is 4.52. The number of carbonyl (C=O) groups is 1. The molecule has 1 atom stereocenters. The number of amides is 1. The Kier molecular flexibility index (Phi) is 5.50. The van der Waals surface area contributed by atoms with E-state index in [1.807, 2.05) is 72.8 Å². The Hall–Kier alpha value is -3.62. The molecule has 0 spiro atoms. The molecule has 4 rings (SSSR count). The zero-order chi connectivity index (χ0) is 22.9. The highest BCUT2D eigenvalue weighted by Crippen LogP contribution is 2.53. The van der Waals surface area contributed by atoms with E-state index >= 15 is 0 Å².